The molecule has 0 aliphatic carbocycles. The molecule has 1 aliphatic heterocycles. The Kier molecular flexibility index (Phi) is 4.60. The minimum Gasteiger partial charge on any atom is -0.396 e. The predicted octanol–water partition coefficient (Wildman–Crippen LogP) is 3.70. The molecule has 114 valence electrons. The molecule has 2 aromatic rings. The van der Waals surface area contributed by atoms with E-state index < -0.39 is 0 Å². The molecule has 0 bridgehead atoms. The second-order valence-corrected chi connectivity index (χ2v) is 6.09. The molecule has 0 unspecified atom stereocenters. The topological polar surface area (TPSA) is 47.3 Å². The summed E-state index contributed by atoms with van der Waals surface area (Å²) in [5.41, 5.74) is 1.99. The molecular weight excluding hydrogens is 272 g/mol. The lowest BCUT2D eigenvalue weighted by molar-refractivity contribution is 0.261. The molecule has 3 rings (SSSR count). The van der Waals surface area contributed by atoms with Gasteiger partial charge in [-0.1, -0.05) is 24.3 Å². The molecule has 0 saturated carbocycles. The second kappa shape index (κ2) is 6.81. The average Bonchev–Trinajstić information content (AvgIpc) is 2.59. The summed E-state index contributed by atoms with van der Waals surface area (Å²) in [4.78, 5) is 2.44. The number of piperidine rings is 1. The zero-order chi connectivity index (χ0) is 15.4. The fourth-order valence-electron chi connectivity index (χ4n) is 3.50. The molecule has 1 N–H and O–H groups in total. The van der Waals surface area contributed by atoms with Crippen molar-refractivity contribution in [3.63, 3.8) is 0 Å². The van der Waals surface area contributed by atoms with Gasteiger partial charge in [0.1, 0.15) is 0 Å². The molecule has 0 radical (unpaired) electrons. The van der Waals surface area contributed by atoms with Crippen LogP contribution in [0.5, 0.6) is 0 Å². The molecule has 0 amide bonds. The Morgan fingerprint density at radius 2 is 1.82 bits per heavy atom. The maximum absolute atomic E-state index is 9.27. The maximum Gasteiger partial charge on any atom is 0.0998 e. The molecular formula is C19H22N2O. The van der Waals surface area contributed by atoms with Crippen molar-refractivity contribution in [3.8, 4) is 6.07 Å². The minimum atomic E-state index is 0.306. The first-order valence-electron chi connectivity index (χ1n) is 8.11. The first kappa shape index (κ1) is 14.9. The quantitative estimate of drug-likeness (QED) is 0.935. The van der Waals surface area contributed by atoms with Crippen LogP contribution in [0, 0.1) is 17.2 Å². The van der Waals surface area contributed by atoms with Gasteiger partial charge in [-0.15, -0.1) is 0 Å². The van der Waals surface area contributed by atoms with E-state index in [1.165, 1.54) is 23.9 Å². The van der Waals surface area contributed by atoms with Gasteiger partial charge in [0.05, 0.1) is 11.6 Å². The SMILES string of the molecule is N#Cc1ccc(N2CCC(CCCO)CC2)c2ccccc12. The van der Waals surface area contributed by atoms with E-state index in [0.717, 1.165) is 42.8 Å². The first-order valence-corrected chi connectivity index (χ1v) is 8.11. The van der Waals surface area contributed by atoms with E-state index in [-0.39, 0.29) is 0 Å². The molecule has 0 spiro atoms. The summed E-state index contributed by atoms with van der Waals surface area (Å²) in [5.74, 6) is 0.744. The number of fused-ring (bicyclic) bond motifs is 1. The molecule has 22 heavy (non-hydrogen) atoms. The van der Waals surface area contributed by atoms with Gasteiger partial charge in [-0.2, -0.15) is 5.26 Å². The van der Waals surface area contributed by atoms with Crippen LogP contribution in [0.1, 0.15) is 31.2 Å². The lowest BCUT2D eigenvalue weighted by Gasteiger charge is -2.34. The van der Waals surface area contributed by atoms with E-state index in [1.807, 2.05) is 24.3 Å². The number of benzene rings is 2. The highest BCUT2D eigenvalue weighted by atomic mass is 16.2. The normalized spacial score (nSPS) is 15.9. The number of anilines is 1. The summed E-state index contributed by atoms with van der Waals surface area (Å²) >= 11 is 0. The number of nitrogens with zero attached hydrogens (tertiary/aromatic N) is 2. The number of nitriles is 1. The highest BCUT2D eigenvalue weighted by molar-refractivity contribution is 5.97. The summed E-state index contributed by atoms with van der Waals surface area (Å²) in [6.45, 7) is 2.43. The Morgan fingerprint density at radius 3 is 2.50 bits per heavy atom. The van der Waals surface area contributed by atoms with Crippen LogP contribution in [-0.4, -0.2) is 24.8 Å². The largest absolute Gasteiger partial charge is 0.396 e. The predicted molar refractivity (Wildman–Crippen MR) is 89.9 cm³/mol. The molecule has 1 heterocycles. The molecule has 1 saturated heterocycles. The maximum atomic E-state index is 9.27. The Morgan fingerprint density at radius 1 is 1.09 bits per heavy atom. The third-order valence-corrected chi connectivity index (χ3v) is 4.75. The van der Waals surface area contributed by atoms with Crippen LogP contribution in [0.3, 0.4) is 0 Å². The van der Waals surface area contributed by atoms with Crippen molar-refractivity contribution in [2.75, 3.05) is 24.6 Å². The van der Waals surface area contributed by atoms with E-state index in [2.05, 4.69) is 23.1 Å². The van der Waals surface area contributed by atoms with Gasteiger partial charge in [0.25, 0.3) is 0 Å². The van der Waals surface area contributed by atoms with E-state index in [1.54, 1.807) is 0 Å². The van der Waals surface area contributed by atoms with Crippen LogP contribution in [0.4, 0.5) is 5.69 Å². The van der Waals surface area contributed by atoms with E-state index in [9.17, 15) is 5.26 Å². The van der Waals surface area contributed by atoms with Crippen molar-refractivity contribution in [1.29, 1.82) is 5.26 Å². The fourth-order valence-corrected chi connectivity index (χ4v) is 3.50. The lowest BCUT2D eigenvalue weighted by Crippen LogP contribution is -2.33. The second-order valence-electron chi connectivity index (χ2n) is 6.09. The molecule has 1 fully saturated rings. The van der Waals surface area contributed by atoms with Crippen LogP contribution in [0.2, 0.25) is 0 Å². The standard InChI is InChI=1S/C19H22N2O/c20-14-16-7-8-19(18-6-2-1-5-17(16)18)21-11-9-15(10-12-21)4-3-13-22/h1-2,5-8,15,22H,3-4,9-13H2. The summed E-state index contributed by atoms with van der Waals surface area (Å²) < 4.78 is 0. The van der Waals surface area contributed by atoms with Gasteiger partial charge in [0.2, 0.25) is 0 Å². The Bertz CT molecular complexity index is 681. The van der Waals surface area contributed by atoms with Crippen LogP contribution in [0.25, 0.3) is 10.8 Å². The zero-order valence-electron chi connectivity index (χ0n) is 12.8. The summed E-state index contributed by atoms with van der Waals surface area (Å²) in [6.07, 6.45) is 4.44. The monoisotopic (exact) mass is 294 g/mol. The first-order chi connectivity index (χ1) is 10.8. The fraction of sp³-hybridized carbons (Fsp3) is 0.421. The van der Waals surface area contributed by atoms with E-state index >= 15 is 0 Å². The number of aliphatic hydroxyl groups is 1. The van der Waals surface area contributed by atoms with Crippen molar-refractivity contribution in [2.24, 2.45) is 5.92 Å². The van der Waals surface area contributed by atoms with E-state index in [4.69, 9.17) is 5.11 Å². The Hall–Kier alpha value is -2.05. The lowest BCUT2D eigenvalue weighted by atomic mass is 9.91. The van der Waals surface area contributed by atoms with Gasteiger partial charge in [0, 0.05) is 36.2 Å². The highest BCUT2D eigenvalue weighted by Gasteiger charge is 2.20. The van der Waals surface area contributed by atoms with Crippen LogP contribution in [0.15, 0.2) is 36.4 Å². The van der Waals surface area contributed by atoms with Gasteiger partial charge in [-0.05, 0) is 43.7 Å². The van der Waals surface area contributed by atoms with Gasteiger partial charge >= 0.3 is 0 Å². The Labute approximate surface area is 131 Å². The number of hydrogen-bond donors (Lipinski definition) is 1. The van der Waals surface area contributed by atoms with Crippen molar-refractivity contribution < 1.29 is 5.11 Å². The molecule has 3 heteroatoms. The van der Waals surface area contributed by atoms with Crippen molar-refractivity contribution in [2.45, 2.75) is 25.7 Å². The number of hydrogen-bond acceptors (Lipinski definition) is 3. The number of rotatable bonds is 4. The number of aliphatic hydroxyl groups excluding tert-OH is 1. The smallest absolute Gasteiger partial charge is 0.0998 e. The van der Waals surface area contributed by atoms with Gasteiger partial charge in [-0.3, -0.25) is 0 Å². The minimum absolute atomic E-state index is 0.306. The molecule has 2 aromatic carbocycles. The van der Waals surface area contributed by atoms with E-state index in [0.29, 0.717) is 6.61 Å². The van der Waals surface area contributed by atoms with Crippen molar-refractivity contribution in [1.82, 2.24) is 0 Å². The summed E-state index contributed by atoms with van der Waals surface area (Å²) in [7, 11) is 0. The van der Waals surface area contributed by atoms with Crippen molar-refractivity contribution in [3.05, 3.63) is 42.0 Å². The molecule has 0 atom stereocenters. The summed E-state index contributed by atoms with van der Waals surface area (Å²) in [5, 5.41) is 20.5. The van der Waals surface area contributed by atoms with Crippen LogP contribution >= 0.6 is 0 Å². The van der Waals surface area contributed by atoms with Gasteiger partial charge < -0.3 is 10.0 Å². The van der Waals surface area contributed by atoms with Crippen LogP contribution < -0.4 is 4.90 Å². The third kappa shape index (κ3) is 2.93. The van der Waals surface area contributed by atoms with Crippen molar-refractivity contribution >= 4 is 16.5 Å². The highest BCUT2D eigenvalue weighted by Crippen LogP contribution is 2.32. The molecule has 3 nitrogen and oxygen atoms in total. The molecule has 1 aliphatic rings. The average molecular weight is 294 g/mol. The third-order valence-electron chi connectivity index (χ3n) is 4.75. The van der Waals surface area contributed by atoms with Crippen LogP contribution in [-0.2, 0) is 0 Å². The zero-order valence-corrected chi connectivity index (χ0v) is 12.8. The summed E-state index contributed by atoms with van der Waals surface area (Å²) in [6, 6.07) is 14.5. The molecule has 0 aromatic heterocycles. The Balaban J connectivity index is 1.82. The van der Waals surface area contributed by atoms with Gasteiger partial charge in [-0.25, -0.2) is 0 Å². The van der Waals surface area contributed by atoms with Gasteiger partial charge in [0.15, 0.2) is 0 Å².